The molecule has 1 aliphatic heterocycles. The maximum absolute atomic E-state index is 6.02. The van der Waals surface area contributed by atoms with E-state index in [4.69, 9.17) is 9.47 Å². The van der Waals surface area contributed by atoms with Gasteiger partial charge in [-0.15, -0.1) is 0 Å². The molecule has 0 bridgehead atoms. The van der Waals surface area contributed by atoms with Crippen molar-refractivity contribution in [3.63, 3.8) is 0 Å². The summed E-state index contributed by atoms with van der Waals surface area (Å²) in [5.74, 6) is 0.919. The van der Waals surface area contributed by atoms with Crippen LogP contribution in [0.15, 0.2) is 24.3 Å². The van der Waals surface area contributed by atoms with Crippen molar-refractivity contribution in [1.29, 1.82) is 0 Å². The first-order valence-electron chi connectivity index (χ1n) is 7.97. The van der Waals surface area contributed by atoms with Crippen LogP contribution >= 0.6 is 0 Å². The molecule has 2 rings (SSSR count). The minimum Gasteiger partial charge on any atom is -0.497 e. The molecule has 4 heteroatoms. The molecule has 1 heterocycles. The SMILES string of the molecule is CCNC(Cc1cccc(OC)c1)C1CN(CC)CCO1. The summed E-state index contributed by atoms with van der Waals surface area (Å²) >= 11 is 0. The molecule has 0 aliphatic carbocycles. The van der Waals surface area contributed by atoms with Crippen LogP contribution in [0, 0.1) is 0 Å². The van der Waals surface area contributed by atoms with E-state index in [1.54, 1.807) is 7.11 Å². The highest BCUT2D eigenvalue weighted by molar-refractivity contribution is 5.29. The lowest BCUT2D eigenvalue weighted by Gasteiger charge is -2.37. The van der Waals surface area contributed by atoms with E-state index >= 15 is 0 Å². The number of likely N-dealkylation sites (N-methyl/N-ethyl adjacent to an activating group) is 2. The molecular formula is C17H28N2O2. The van der Waals surface area contributed by atoms with E-state index in [0.29, 0.717) is 6.04 Å². The van der Waals surface area contributed by atoms with Crippen LogP contribution in [0.2, 0.25) is 0 Å². The van der Waals surface area contributed by atoms with Gasteiger partial charge >= 0.3 is 0 Å². The Morgan fingerprint density at radius 3 is 3.00 bits per heavy atom. The van der Waals surface area contributed by atoms with Gasteiger partial charge in [-0.1, -0.05) is 26.0 Å². The molecule has 1 fully saturated rings. The molecular weight excluding hydrogens is 264 g/mol. The van der Waals surface area contributed by atoms with Gasteiger partial charge in [0.25, 0.3) is 0 Å². The van der Waals surface area contributed by atoms with Crippen LogP contribution in [0.5, 0.6) is 5.75 Å². The van der Waals surface area contributed by atoms with Gasteiger partial charge in [0, 0.05) is 19.1 Å². The van der Waals surface area contributed by atoms with Crippen LogP contribution in [0.1, 0.15) is 19.4 Å². The highest BCUT2D eigenvalue weighted by Crippen LogP contribution is 2.17. The lowest BCUT2D eigenvalue weighted by Crippen LogP contribution is -2.53. The van der Waals surface area contributed by atoms with Crippen molar-refractivity contribution < 1.29 is 9.47 Å². The summed E-state index contributed by atoms with van der Waals surface area (Å²) < 4.78 is 11.3. The third-order valence-electron chi connectivity index (χ3n) is 4.13. The second-order valence-electron chi connectivity index (χ2n) is 5.52. The second-order valence-corrected chi connectivity index (χ2v) is 5.52. The first kappa shape index (κ1) is 16.3. The maximum Gasteiger partial charge on any atom is 0.119 e. The average molecular weight is 292 g/mol. The van der Waals surface area contributed by atoms with Gasteiger partial charge in [0.1, 0.15) is 5.75 Å². The molecule has 0 radical (unpaired) electrons. The first-order chi connectivity index (χ1) is 10.3. The number of morpholine rings is 1. The molecule has 2 atom stereocenters. The van der Waals surface area contributed by atoms with Crippen molar-refractivity contribution in [3.8, 4) is 5.75 Å². The Balaban J connectivity index is 2.03. The molecule has 2 unspecified atom stereocenters. The number of ether oxygens (including phenoxy) is 2. The van der Waals surface area contributed by atoms with E-state index < -0.39 is 0 Å². The second kappa shape index (κ2) is 8.37. The maximum atomic E-state index is 6.02. The Hall–Kier alpha value is -1.10. The Kier molecular flexibility index (Phi) is 6.49. The number of hydrogen-bond acceptors (Lipinski definition) is 4. The molecule has 1 N–H and O–H groups in total. The van der Waals surface area contributed by atoms with Crippen LogP contribution in [-0.2, 0) is 11.2 Å². The number of methoxy groups -OCH3 is 1. The number of rotatable bonds is 7. The number of hydrogen-bond donors (Lipinski definition) is 1. The van der Waals surface area contributed by atoms with E-state index in [9.17, 15) is 0 Å². The molecule has 1 aromatic rings. The minimum absolute atomic E-state index is 0.254. The quantitative estimate of drug-likeness (QED) is 0.833. The standard InChI is InChI=1S/C17H28N2O2/c1-4-18-16(17-13-19(5-2)9-10-21-17)12-14-7-6-8-15(11-14)20-3/h6-8,11,16-18H,4-5,9-10,12-13H2,1-3H3. The third-order valence-corrected chi connectivity index (χ3v) is 4.13. The van der Waals surface area contributed by atoms with Gasteiger partial charge in [0.2, 0.25) is 0 Å². The first-order valence-corrected chi connectivity index (χ1v) is 7.97. The Morgan fingerprint density at radius 1 is 1.43 bits per heavy atom. The van der Waals surface area contributed by atoms with Crippen LogP contribution < -0.4 is 10.1 Å². The van der Waals surface area contributed by atoms with Crippen LogP contribution in [0.3, 0.4) is 0 Å². The zero-order valence-corrected chi connectivity index (χ0v) is 13.5. The largest absolute Gasteiger partial charge is 0.497 e. The summed E-state index contributed by atoms with van der Waals surface area (Å²) in [6, 6.07) is 8.66. The van der Waals surface area contributed by atoms with Crippen LogP contribution in [0.4, 0.5) is 0 Å². The van der Waals surface area contributed by atoms with Crippen molar-refractivity contribution in [2.45, 2.75) is 32.4 Å². The zero-order chi connectivity index (χ0) is 15.1. The summed E-state index contributed by atoms with van der Waals surface area (Å²) in [5.41, 5.74) is 1.29. The molecule has 1 aromatic carbocycles. The van der Waals surface area contributed by atoms with E-state index in [2.05, 4.69) is 42.3 Å². The molecule has 0 aromatic heterocycles. The Bertz CT molecular complexity index is 425. The van der Waals surface area contributed by atoms with Crippen molar-refractivity contribution in [2.75, 3.05) is 39.9 Å². The van der Waals surface area contributed by atoms with Crippen LogP contribution in [0.25, 0.3) is 0 Å². The summed E-state index contributed by atoms with van der Waals surface area (Å²) in [7, 11) is 1.71. The van der Waals surface area contributed by atoms with Crippen LogP contribution in [-0.4, -0.2) is 56.9 Å². The smallest absolute Gasteiger partial charge is 0.119 e. The third kappa shape index (κ3) is 4.70. The van der Waals surface area contributed by atoms with Crippen molar-refractivity contribution in [2.24, 2.45) is 0 Å². The molecule has 21 heavy (non-hydrogen) atoms. The lowest BCUT2D eigenvalue weighted by atomic mass is 9.99. The fourth-order valence-corrected chi connectivity index (χ4v) is 2.91. The van der Waals surface area contributed by atoms with Gasteiger partial charge < -0.3 is 14.8 Å². The number of benzene rings is 1. The predicted molar refractivity (Wildman–Crippen MR) is 86.0 cm³/mol. The summed E-state index contributed by atoms with van der Waals surface area (Å²) in [6.45, 7) is 9.31. The highest BCUT2D eigenvalue weighted by atomic mass is 16.5. The summed E-state index contributed by atoms with van der Waals surface area (Å²) in [5, 5.41) is 3.59. The van der Waals surface area contributed by atoms with E-state index in [-0.39, 0.29) is 6.10 Å². The normalized spacial score (nSPS) is 21.2. The fraction of sp³-hybridized carbons (Fsp3) is 0.647. The molecule has 1 aliphatic rings. The number of nitrogens with zero attached hydrogens (tertiary/aromatic N) is 1. The van der Waals surface area contributed by atoms with Crippen molar-refractivity contribution in [1.82, 2.24) is 10.2 Å². The Labute approximate surface area is 128 Å². The topological polar surface area (TPSA) is 33.7 Å². The van der Waals surface area contributed by atoms with Gasteiger partial charge in [0.15, 0.2) is 0 Å². The van der Waals surface area contributed by atoms with Crippen molar-refractivity contribution in [3.05, 3.63) is 29.8 Å². The summed E-state index contributed by atoms with van der Waals surface area (Å²) in [4.78, 5) is 2.46. The molecule has 0 amide bonds. The molecule has 0 spiro atoms. The van der Waals surface area contributed by atoms with Gasteiger partial charge in [-0.05, 0) is 37.2 Å². The molecule has 1 saturated heterocycles. The fourth-order valence-electron chi connectivity index (χ4n) is 2.91. The predicted octanol–water partition coefficient (Wildman–Crippen LogP) is 1.94. The average Bonchev–Trinajstić information content (AvgIpc) is 2.54. The van der Waals surface area contributed by atoms with E-state index in [0.717, 1.165) is 45.0 Å². The molecule has 118 valence electrons. The zero-order valence-electron chi connectivity index (χ0n) is 13.5. The Morgan fingerprint density at radius 2 is 2.29 bits per heavy atom. The van der Waals surface area contributed by atoms with E-state index in [1.165, 1.54) is 5.56 Å². The van der Waals surface area contributed by atoms with Gasteiger partial charge in [-0.3, -0.25) is 4.90 Å². The molecule has 4 nitrogen and oxygen atoms in total. The van der Waals surface area contributed by atoms with Gasteiger partial charge in [0.05, 0.1) is 19.8 Å². The van der Waals surface area contributed by atoms with Crippen molar-refractivity contribution >= 4 is 0 Å². The monoisotopic (exact) mass is 292 g/mol. The summed E-state index contributed by atoms with van der Waals surface area (Å²) in [6.07, 6.45) is 1.22. The molecule has 0 saturated carbocycles. The highest BCUT2D eigenvalue weighted by Gasteiger charge is 2.27. The van der Waals surface area contributed by atoms with E-state index in [1.807, 2.05) is 6.07 Å². The number of nitrogens with one attached hydrogen (secondary N) is 1. The minimum atomic E-state index is 0.254. The lowest BCUT2D eigenvalue weighted by molar-refractivity contribution is -0.0445. The van der Waals surface area contributed by atoms with Gasteiger partial charge in [-0.2, -0.15) is 0 Å². The van der Waals surface area contributed by atoms with Gasteiger partial charge in [-0.25, -0.2) is 0 Å².